The smallest absolute Gasteiger partial charge is 0.741 e. The summed E-state index contributed by atoms with van der Waals surface area (Å²) in [5.74, 6) is 0. The van der Waals surface area contributed by atoms with E-state index in [0.29, 0.717) is 0 Å². The van der Waals surface area contributed by atoms with Crippen molar-refractivity contribution in [2.24, 2.45) is 0 Å². The first-order valence-electron chi connectivity index (χ1n) is 26.7. The molecule has 0 bridgehead atoms. The summed E-state index contributed by atoms with van der Waals surface area (Å²) in [5.41, 5.74) is -22.6. The predicted octanol–water partition coefficient (Wildman–Crippen LogP) is 7.04. The molecule has 4 aromatic rings. The van der Waals surface area contributed by atoms with E-state index in [1.807, 2.05) is 49.6 Å². The van der Waals surface area contributed by atoms with Gasteiger partial charge in [0.1, 0.15) is 0 Å². The van der Waals surface area contributed by atoms with Crippen molar-refractivity contribution < 1.29 is 154 Å². The van der Waals surface area contributed by atoms with E-state index in [1.54, 1.807) is 0 Å². The number of unbranched alkanes of at least 4 members (excludes halogenated alkanes) is 3. The molecular formula is C50H86F12N8O14Pd2S4Si4. The molecule has 0 atom stereocenters. The zero-order chi connectivity index (χ0) is 73.8. The number of nitrogens with zero attached hydrogens (tertiary/aromatic N) is 8. The van der Waals surface area contributed by atoms with Crippen LogP contribution in [0.15, 0.2) is 98.1 Å². The van der Waals surface area contributed by atoms with Gasteiger partial charge in [0.25, 0.3) is 0 Å². The molecule has 0 N–H and O–H groups in total. The number of hydrogen-bond acceptors (Lipinski definition) is 22. The maximum absolute atomic E-state index is 10.7. The zero-order valence-electron chi connectivity index (χ0n) is 55.0. The maximum atomic E-state index is 10.7. The Labute approximate surface area is 578 Å². The summed E-state index contributed by atoms with van der Waals surface area (Å²) in [6.45, 7) is 27.0. The summed E-state index contributed by atoms with van der Waals surface area (Å²) in [4.78, 5) is 25.1. The zero-order valence-corrected chi connectivity index (χ0v) is 65.4. The molecule has 94 heavy (non-hydrogen) atoms. The van der Waals surface area contributed by atoms with Crippen LogP contribution in [-0.4, -0.2) is 229 Å². The van der Waals surface area contributed by atoms with E-state index >= 15 is 0 Å². The van der Waals surface area contributed by atoms with E-state index in [2.05, 4.69) is 211 Å². The molecule has 4 rings (SSSR count). The Morgan fingerprint density at radius 1 is 0.340 bits per heavy atom. The largest absolute Gasteiger partial charge is 2.00 e. The van der Waals surface area contributed by atoms with E-state index in [4.69, 9.17) is 60.1 Å². The van der Waals surface area contributed by atoms with Gasteiger partial charge in [0.2, 0.25) is 33.3 Å². The summed E-state index contributed by atoms with van der Waals surface area (Å²) < 4.78 is 249. The van der Waals surface area contributed by atoms with Gasteiger partial charge in [-0.15, -0.1) is 0 Å². The molecule has 0 aliphatic rings. The Morgan fingerprint density at radius 2 is 0.457 bits per heavy atom. The standard InChI is InChI=1S/2C14H20N2OSi2.2C6H16N2.C6H14.4CHF3O3S.2Pd/c2*1-18(2,13-5-9-15-10-6-13)17-19(3,4)14-7-11-16-12-8-14;2*1-7(2)5-6-8(3)4;1-3-5-6-4-2;4*2-1(3,4)8(5,6)7;;/h2*5-12H,1-4H3;2*5-6H2,1-4H3;3-6H2,1-2H3;4*(H,5,6,7);;/q;;;;;;;;;2*+2/p-4. The fourth-order valence-electron chi connectivity index (χ4n) is 5.82. The number of alkyl halides is 12. The van der Waals surface area contributed by atoms with E-state index in [-0.39, 0.29) is 40.8 Å². The molecule has 44 heteroatoms. The molecule has 4 heterocycles. The van der Waals surface area contributed by atoms with Gasteiger partial charge >= 0.3 is 62.9 Å². The summed E-state index contributed by atoms with van der Waals surface area (Å²) in [7, 11) is -15.3. The van der Waals surface area contributed by atoms with Crippen LogP contribution >= 0.6 is 0 Å². The fraction of sp³-hybridized carbons (Fsp3) is 0.600. The van der Waals surface area contributed by atoms with Crippen LogP contribution in [0, 0.1) is 0 Å². The van der Waals surface area contributed by atoms with Crippen molar-refractivity contribution in [1.82, 2.24) is 39.5 Å². The second kappa shape index (κ2) is 47.4. The Balaban J connectivity index is -0.000000188. The van der Waals surface area contributed by atoms with Crippen LogP contribution in [0.4, 0.5) is 52.7 Å². The molecule has 0 spiro atoms. The molecule has 0 radical (unpaired) electrons. The third kappa shape index (κ3) is 53.3. The van der Waals surface area contributed by atoms with Crippen LogP contribution in [0.25, 0.3) is 0 Å². The van der Waals surface area contributed by atoms with Crippen molar-refractivity contribution in [3.8, 4) is 0 Å². The van der Waals surface area contributed by atoms with Gasteiger partial charge in [-0.3, -0.25) is 19.9 Å². The van der Waals surface area contributed by atoms with Gasteiger partial charge < -0.3 is 46.0 Å². The van der Waals surface area contributed by atoms with Gasteiger partial charge in [0.05, 0.1) is 0 Å². The van der Waals surface area contributed by atoms with Crippen LogP contribution in [-0.2, 0) is 89.5 Å². The topological polar surface area (TPSA) is 312 Å². The second-order valence-corrected chi connectivity index (χ2v) is 43.2. The normalized spacial score (nSPS) is 12.3. The van der Waals surface area contributed by atoms with Crippen molar-refractivity contribution in [2.45, 2.75) is 114 Å². The number of hydrogen-bond donors (Lipinski definition) is 0. The van der Waals surface area contributed by atoms with Crippen molar-refractivity contribution in [3.05, 3.63) is 98.1 Å². The second-order valence-electron chi connectivity index (χ2n) is 21.7. The van der Waals surface area contributed by atoms with E-state index < -0.39 is 95.8 Å². The minimum Gasteiger partial charge on any atom is -0.741 e. The maximum Gasteiger partial charge on any atom is 2.00 e. The van der Waals surface area contributed by atoms with Gasteiger partial charge in [0, 0.05) is 75.8 Å². The number of aromatic nitrogens is 4. The van der Waals surface area contributed by atoms with Crippen LogP contribution in [0.1, 0.15) is 39.5 Å². The molecule has 554 valence electrons. The van der Waals surface area contributed by atoms with Crippen LogP contribution in [0.3, 0.4) is 0 Å². The quantitative estimate of drug-likeness (QED) is 0.0336. The number of likely N-dealkylation sites (N-methyl/N-ethyl adjacent to an activating group) is 4. The van der Waals surface area contributed by atoms with Crippen molar-refractivity contribution >= 4 is 94.5 Å². The van der Waals surface area contributed by atoms with Gasteiger partial charge in [-0.05, 0) is 178 Å². The molecule has 0 aromatic carbocycles. The SMILES string of the molecule is CCCCCC.CN(C)CCN(C)C.CN(C)CCN(C)C.C[Si](C)(O[Si](C)(C)c1ccncc1)c1ccncc1.C[Si](C)(O[Si](C)(C)c1ccncc1)c1ccncc1.O=S(=O)([O-])C(F)(F)F.O=S(=O)([O-])C(F)(F)F.O=S(=O)([O-])C(F)(F)F.O=S(=O)([O-])C(F)(F)F.[Pd+2].[Pd+2]. The molecule has 0 amide bonds. The third-order valence-corrected chi connectivity index (χ3v) is 27.9. The first kappa shape index (κ1) is 105. The van der Waals surface area contributed by atoms with Gasteiger partial charge in [-0.25, -0.2) is 33.7 Å². The van der Waals surface area contributed by atoms with E-state index in [1.165, 1.54) is 46.4 Å². The van der Waals surface area contributed by atoms with Crippen LogP contribution in [0.2, 0.25) is 52.4 Å². The van der Waals surface area contributed by atoms with Gasteiger partial charge in [-0.2, -0.15) is 52.7 Å². The number of rotatable bonds is 17. The molecule has 0 saturated carbocycles. The molecule has 0 aliphatic carbocycles. The molecule has 0 fully saturated rings. The number of halogens is 12. The summed E-state index contributed by atoms with van der Waals surface area (Å²) in [5, 5.41) is 5.16. The molecule has 4 aromatic heterocycles. The van der Waals surface area contributed by atoms with Crippen molar-refractivity contribution in [2.75, 3.05) is 82.6 Å². The van der Waals surface area contributed by atoms with Crippen LogP contribution in [0.5, 0.6) is 0 Å². The third-order valence-electron chi connectivity index (χ3n) is 10.6. The summed E-state index contributed by atoms with van der Waals surface area (Å²) in [6.07, 6.45) is 20.3. The Kier molecular flexibility index (Phi) is 52.9. The first-order valence-corrected chi connectivity index (χ1v) is 44.0. The van der Waals surface area contributed by atoms with Gasteiger partial charge in [-0.1, -0.05) is 39.5 Å². The Hall–Kier alpha value is -2.65. The monoisotopic (exact) mass is 1700 g/mol. The van der Waals surface area contributed by atoms with E-state index in [0.717, 1.165) is 26.2 Å². The molecule has 0 saturated heterocycles. The summed E-state index contributed by atoms with van der Waals surface area (Å²) >= 11 is 0. The minimum absolute atomic E-state index is 0. The minimum atomic E-state index is -6.09. The average molecular weight is 1700 g/mol. The van der Waals surface area contributed by atoms with Gasteiger partial charge in [0.15, 0.2) is 40.5 Å². The predicted molar refractivity (Wildman–Crippen MR) is 335 cm³/mol. The Morgan fingerprint density at radius 3 is 0.543 bits per heavy atom. The average Bonchev–Trinajstić information content (AvgIpc) is 0.814. The van der Waals surface area contributed by atoms with Crippen molar-refractivity contribution in [3.63, 3.8) is 0 Å². The number of pyridine rings is 4. The first-order chi connectivity index (χ1) is 41.0. The Bertz CT molecular complexity index is 2660. The summed E-state index contributed by atoms with van der Waals surface area (Å²) in [6, 6.07) is 16.6. The van der Waals surface area contributed by atoms with Crippen molar-refractivity contribution in [1.29, 1.82) is 0 Å². The van der Waals surface area contributed by atoms with Crippen LogP contribution < -0.4 is 20.7 Å². The molecule has 0 unspecified atom stereocenters. The van der Waals surface area contributed by atoms with E-state index in [9.17, 15) is 52.7 Å². The molecule has 0 aliphatic heterocycles. The molecule has 22 nitrogen and oxygen atoms in total. The molecular weight excluding hydrogens is 1620 g/mol. The fourth-order valence-corrected chi connectivity index (χ4v) is 21.7.